The number of rotatable bonds is 17. The molecule has 0 radical (unpaired) electrons. The van der Waals surface area contributed by atoms with E-state index < -0.39 is 0 Å². The van der Waals surface area contributed by atoms with Crippen molar-refractivity contribution < 1.29 is 9.47 Å². The van der Waals surface area contributed by atoms with Crippen LogP contribution >= 0.6 is 0 Å². The minimum atomic E-state index is 0.934. The van der Waals surface area contributed by atoms with Gasteiger partial charge < -0.3 is 9.47 Å². The fourth-order valence-electron chi connectivity index (χ4n) is 2.23. The van der Waals surface area contributed by atoms with Crippen LogP contribution in [-0.2, 0) is 9.47 Å². The summed E-state index contributed by atoms with van der Waals surface area (Å²) in [5, 5.41) is 0. The molecule has 0 fully saturated rings. The van der Waals surface area contributed by atoms with Gasteiger partial charge in [-0.2, -0.15) is 0 Å². The molecule has 0 aromatic heterocycles. The van der Waals surface area contributed by atoms with Crippen LogP contribution in [0.1, 0.15) is 90.9 Å². The third-order valence-corrected chi connectivity index (χ3v) is 3.61. The van der Waals surface area contributed by atoms with Gasteiger partial charge in [0.15, 0.2) is 0 Å². The molecule has 0 heterocycles. The average Bonchev–Trinajstić information content (AvgIpc) is 2.47. The summed E-state index contributed by atoms with van der Waals surface area (Å²) in [4.78, 5) is 0. The topological polar surface area (TPSA) is 18.5 Å². The molecule has 2 nitrogen and oxygen atoms in total. The molecular weight excluding hydrogens is 248 g/mol. The third-order valence-electron chi connectivity index (χ3n) is 3.61. The Morgan fingerprint density at radius 1 is 0.400 bits per heavy atom. The van der Waals surface area contributed by atoms with Crippen molar-refractivity contribution in [1.82, 2.24) is 0 Å². The SMILES string of the molecule is CCCCCCCOCCCCCOCCCCCC. The summed E-state index contributed by atoms with van der Waals surface area (Å²) < 4.78 is 11.3. The Labute approximate surface area is 127 Å². The molecule has 0 amide bonds. The molecule has 0 aliphatic heterocycles. The monoisotopic (exact) mass is 286 g/mol. The zero-order valence-corrected chi connectivity index (χ0v) is 14.1. The summed E-state index contributed by atoms with van der Waals surface area (Å²) in [5.74, 6) is 0. The first-order valence-electron chi connectivity index (χ1n) is 9.07. The number of hydrogen-bond donors (Lipinski definition) is 0. The fourth-order valence-corrected chi connectivity index (χ4v) is 2.23. The molecule has 0 aromatic rings. The Bertz CT molecular complexity index is 141. The van der Waals surface area contributed by atoms with Crippen molar-refractivity contribution in [2.24, 2.45) is 0 Å². The highest BCUT2D eigenvalue weighted by Gasteiger charge is 1.93. The minimum Gasteiger partial charge on any atom is -0.381 e. The lowest BCUT2D eigenvalue weighted by atomic mass is 10.2. The molecule has 0 atom stereocenters. The maximum Gasteiger partial charge on any atom is 0.0466 e. The number of ether oxygens (including phenoxy) is 2. The normalized spacial score (nSPS) is 11.1. The van der Waals surface area contributed by atoms with Gasteiger partial charge in [0, 0.05) is 26.4 Å². The summed E-state index contributed by atoms with van der Waals surface area (Å²) in [7, 11) is 0. The molecule has 0 bridgehead atoms. The highest BCUT2D eigenvalue weighted by molar-refractivity contribution is 4.44. The van der Waals surface area contributed by atoms with E-state index in [0.717, 1.165) is 26.4 Å². The summed E-state index contributed by atoms with van der Waals surface area (Å²) in [6.45, 7) is 8.28. The molecule has 0 spiro atoms. The molecule has 0 N–H and O–H groups in total. The van der Waals surface area contributed by atoms with Crippen LogP contribution in [0.15, 0.2) is 0 Å². The summed E-state index contributed by atoms with van der Waals surface area (Å²) in [6.07, 6.45) is 15.5. The van der Waals surface area contributed by atoms with Crippen molar-refractivity contribution in [2.75, 3.05) is 26.4 Å². The standard InChI is InChI=1S/C18H38O2/c1-3-5-7-9-12-16-20-18-14-10-13-17-19-15-11-8-6-4-2/h3-18H2,1-2H3. The Hall–Kier alpha value is -0.0800. The van der Waals surface area contributed by atoms with E-state index in [1.807, 2.05) is 0 Å². The molecular formula is C18H38O2. The van der Waals surface area contributed by atoms with E-state index in [1.54, 1.807) is 0 Å². The summed E-state index contributed by atoms with van der Waals surface area (Å²) in [6, 6.07) is 0. The number of unbranched alkanes of at least 4 members (excludes halogenated alkanes) is 9. The predicted molar refractivity (Wildman–Crippen MR) is 88.4 cm³/mol. The van der Waals surface area contributed by atoms with Gasteiger partial charge in [0.05, 0.1) is 0 Å². The van der Waals surface area contributed by atoms with Gasteiger partial charge in [-0.1, -0.05) is 58.8 Å². The van der Waals surface area contributed by atoms with Gasteiger partial charge in [0.25, 0.3) is 0 Å². The highest BCUT2D eigenvalue weighted by Crippen LogP contribution is 2.04. The molecule has 2 heteroatoms. The second-order valence-electron chi connectivity index (χ2n) is 5.76. The molecule has 0 aromatic carbocycles. The van der Waals surface area contributed by atoms with E-state index in [0.29, 0.717) is 0 Å². The van der Waals surface area contributed by atoms with Gasteiger partial charge in [0.1, 0.15) is 0 Å². The van der Waals surface area contributed by atoms with E-state index in [1.165, 1.54) is 77.0 Å². The summed E-state index contributed by atoms with van der Waals surface area (Å²) in [5.41, 5.74) is 0. The summed E-state index contributed by atoms with van der Waals surface area (Å²) >= 11 is 0. The van der Waals surface area contributed by atoms with Crippen LogP contribution in [0.3, 0.4) is 0 Å². The van der Waals surface area contributed by atoms with Crippen LogP contribution in [0.25, 0.3) is 0 Å². The van der Waals surface area contributed by atoms with Crippen LogP contribution < -0.4 is 0 Å². The quantitative estimate of drug-likeness (QED) is 0.317. The lowest BCUT2D eigenvalue weighted by molar-refractivity contribution is 0.111. The van der Waals surface area contributed by atoms with E-state index in [-0.39, 0.29) is 0 Å². The second kappa shape index (κ2) is 18.9. The smallest absolute Gasteiger partial charge is 0.0466 e. The Balaban J connectivity index is 2.89. The molecule has 0 saturated carbocycles. The van der Waals surface area contributed by atoms with Crippen LogP contribution in [-0.4, -0.2) is 26.4 Å². The van der Waals surface area contributed by atoms with Gasteiger partial charge >= 0.3 is 0 Å². The Kier molecular flexibility index (Phi) is 18.8. The molecule has 0 saturated heterocycles. The Morgan fingerprint density at radius 2 is 0.700 bits per heavy atom. The van der Waals surface area contributed by atoms with Crippen LogP contribution in [0.4, 0.5) is 0 Å². The largest absolute Gasteiger partial charge is 0.381 e. The van der Waals surface area contributed by atoms with Crippen molar-refractivity contribution in [1.29, 1.82) is 0 Å². The van der Waals surface area contributed by atoms with Gasteiger partial charge in [0.2, 0.25) is 0 Å². The molecule has 0 rings (SSSR count). The van der Waals surface area contributed by atoms with Gasteiger partial charge in [-0.3, -0.25) is 0 Å². The van der Waals surface area contributed by atoms with Crippen LogP contribution in [0, 0.1) is 0 Å². The molecule has 0 aliphatic carbocycles. The first-order chi connectivity index (χ1) is 9.91. The molecule has 0 aliphatic rings. The molecule has 122 valence electrons. The van der Waals surface area contributed by atoms with E-state index in [4.69, 9.17) is 9.47 Å². The van der Waals surface area contributed by atoms with E-state index >= 15 is 0 Å². The van der Waals surface area contributed by atoms with Gasteiger partial charge in [-0.15, -0.1) is 0 Å². The predicted octanol–water partition coefficient (Wildman–Crippen LogP) is 5.74. The van der Waals surface area contributed by atoms with Crippen LogP contribution in [0.5, 0.6) is 0 Å². The van der Waals surface area contributed by atoms with Gasteiger partial charge in [-0.25, -0.2) is 0 Å². The van der Waals surface area contributed by atoms with Crippen molar-refractivity contribution in [3.05, 3.63) is 0 Å². The van der Waals surface area contributed by atoms with Crippen molar-refractivity contribution in [2.45, 2.75) is 90.9 Å². The molecule has 20 heavy (non-hydrogen) atoms. The van der Waals surface area contributed by atoms with Crippen molar-refractivity contribution >= 4 is 0 Å². The minimum absolute atomic E-state index is 0.934. The lowest BCUT2D eigenvalue weighted by Crippen LogP contribution is -2.00. The van der Waals surface area contributed by atoms with Crippen LogP contribution in [0.2, 0.25) is 0 Å². The zero-order valence-electron chi connectivity index (χ0n) is 14.1. The van der Waals surface area contributed by atoms with Crippen molar-refractivity contribution in [3.63, 3.8) is 0 Å². The van der Waals surface area contributed by atoms with E-state index in [9.17, 15) is 0 Å². The number of hydrogen-bond acceptors (Lipinski definition) is 2. The highest BCUT2D eigenvalue weighted by atomic mass is 16.5. The maximum atomic E-state index is 5.65. The first kappa shape index (κ1) is 19.9. The first-order valence-corrected chi connectivity index (χ1v) is 9.07. The third kappa shape index (κ3) is 17.9. The van der Waals surface area contributed by atoms with Crippen molar-refractivity contribution in [3.8, 4) is 0 Å². The van der Waals surface area contributed by atoms with E-state index in [2.05, 4.69) is 13.8 Å². The Morgan fingerprint density at radius 3 is 1.10 bits per heavy atom. The average molecular weight is 286 g/mol. The zero-order chi connectivity index (χ0) is 14.7. The fraction of sp³-hybridized carbons (Fsp3) is 1.00. The van der Waals surface area contributed by atoms with Gasteiger partial charge in [-0.05, 0) is 32.1 Å². The lowest BCUT2D eigenvalue weighted by Gasteiger charge is -2.05. The second-order valence-corrected chi connectivity index (χ2v) is 5.76. The molecule has 0 unspecified atom stereocenters. The maximum absolute atomic E-state index is 5.65.